The second kappa shape index (κ2) is 39.2. The van der Waals surface area contributed by atoms with Crippen molar-refractivity contribution in [3.05, 3.63) is 41.6 Å². The fourth-order valence-corrected chi connectivity index (χ4v) is 8.38. The van der Waals surface area contributed by atoms with Gasteiger partial charge < -0.3 is 105 Å². The molecule has 1 aliphatic rings. The Morgan fingerprint density at radius 1 is 0.721 bits per heavy atom. The molecule has 12 atom stereocenters. The van der Waals surface area contributed by atoms with E-state index in [0.717, 1.165) is 44.7 Å². The van der Waals surface area contributed by atoms with E-state index >= 15 is 0 Å². The van der Waals surface area contributed by atoms with Crippen LogP contribution in [0.15, 0.2) is 36.0 Å². The number of carbonyl (C=O) groups is 12. The number of ether oxygens (including phenoxy) is 2. The van der Waals surface area contributed by atoms with Crippen molar-refractivity contribution in [3.8, 4) is 5.75 Å². The molecule has 86 heavy (non-hydrogen) atoms. The number of benzene rings is 1. The highest BCUT2D eigenvalue weighted by Crippen LogP contribution is 2.17. The normalized spacial score (nSPS) is 24.0. The van der Waals surface area contributed by atoms with Crippen LogP contribution in [0.4, 0.5) is 0 Å². The maximum Gasteiger partial charge on any atom is 0.335 e. The van der Waals surface area contributed by atoms with E-state index in [9.17, 15) is 88.2 Å². The Morgan fingerprint density at radius 3 is 1.86 bits per heavy atom. The molecule has 1 aliphatic heterocycles. The van der Waals surface area contributed by atoms with Crippen LogP contribution in [0.25, 0.3) is 0 Å². The van der Waals surface area contributed by atoms with Crippen LogP contribution in [0, 0.1) is 0 Å². The fourth-order valence-electron chi connectivity index (χ4n) is 8.20. The van der Waals surface area contributed by atoms with Gasteiger partial charge in [0, 0.05) is 0 Å². The number of aryl methyl sites for hydroxylation is 1. The summed E-state index contributed by atoms with van der Waals surface area (Å²) in [5, 5.41) is 82.4. The number of halogens is 1. The van der Waals surface area contributed by atoms with Crippen molar-refractivity contribution < 1.29 is 97.6 Å². The summed E-state index contributed by atoms with van der Waals surface area (Å²) in [6.07, 6.45) is -6.56. The molecule has 482 valence electrons. The molecule has 0 bridgehead atoms. The van der Waals surface area contributed by atoms with Crippen LogP contribution in [0.2, 0.25) is 0 Å². The minimum absolute atomic E-state index is 0.00266. The number of carboxylic acids is 2. The number of cyclic esters (lactones) is 1. The number of aliphatic carboxylic acids is 2. The molecule has 1 fully saturated rings. The molecule has 1 aromatic rings. The zero-order chi connectivity index (χ0) is 64.6. The van der Waals surface area contributed by atoms with Crippen LogP contribution in [-0.2, 0) is 68.7 Å². The van der Waals surface area contributed by atoms with Gasteiger partial charge in [-0.05, 0) is 103 Å². The molecular formula is C53H83ClN12O20. The number of amides is 9. The van der Waals surface area contributed by atoms with Gasteiger partial charge in [-0.2, -0.15) is 0 Å². The third kappa shape index (κ3) is 25.9. The Hall–Kier alpha value is -7.59. The Balaban J connectivity index is 2.78. The lowest BCUT2D eigenvalue weighted by Gasteiger charge is -2.28. The Labute approximate surface area is 500 Å². The standard InChI is InChI=1S/C53H83ClN12O20/c1-4-6-9-21-85-30-12-10-11-28(22-30)14-15-29(68)23-38(70)58-36-26-86-53(84)41(37(69)25-54)65-51(81)42(43(73)52(82)83)66-44(74)31(5-2)59-50(80)40(27(3)67)64-47(77)34(17-20-57)61-45(75)32(13-7-8-18-55)60-48(78)35(24-39(71)72)63-46(76)33(16-19-56)62-49(36)79/h5,10-12,22,27,29,32-37,40-43,67-69,73H,4,6-9,13-21,23-26,55-57H2,1-3H3,(H,58,70)(H,59,80)(H,60,78)(H,61,75)(H,62,79)(H,63,76)(H,64,77)(H,65,81)(H,66,74)(H,71,72)(H,82,83)/b31-5+/t27-,29?,32-,33+,34-,35-,36-,37+,40-,41-,42-,43?/m0/s1. The van der Waals surface area contributed by atoms with Gasteiger partial charge in [0.25, 0.3) is 5.91 Å². The fraction of sp³-hybridized carbons (Fsp3) is 0.623. The van der Waals surface area contributed by atoms with Crippen molar-refractivity contribution >= 4 is 82.7 Å². The van der Waals surface area contributed by atoms with Crippen LogP contribution in [0.1, 0.15) is 97.0 Å². The maximum absolute atomic E-state index is 14.2. The number of rotatable bonds is 26. The van der Waals surface area contributed by atoms with E-state index in [0.29, 0.717) is 12.4 Å². The van der Waals surface area contributed by atoms with E-state index in [1.165, 1.54) is 0 Å². The number of hydrogen-bond donors (Lipinski definition) is 18. The SMILES string of the molecule is C/C=C1/NC(=O)[C@H]([C@H](C)O)NC(=O)[C@H](CCN)NC(=O)[C@H](CCCCN)NC(=O)[C@H](CC(=O)O)NC(=O)[C@@H](CCN)NC(=O)[C@@H](NC(=O)CC(O)CCc2cccc(OCCCCC)c2)COC(=O)[C@H]([C@H](O)CCl)NC(=O)[C@H](C(O)C(=O)O)NC1=O. The summed E-state index contributed by atoms with van der Waals surface area (Å²) in [6, 6.07) is -8.94. The van der Waals surface area contributed by atoms with Gasteiger partial charge in [-0.15, -0.1) is 11.6 Å². The number of carbonyl (C=O) groups excluding carboxylic acids is 10. The van der Waals surface area contributed by atoms with E-state index in [2.05, 4.69) is 37.2 Å². The number of hydrogen-bond acceptors (Lipinski definition) is 21. The second-order valence-electron chi connectivity index (χ2n) is 20.0. The molecule has 1 heterocycles. The summed E-state index contributed by atoms with van der Waals surface area (Å²) < 4.78 is 11.1. The van der Waals surface area contributed by atoms with Crippen molar-refractivity contribution in [1.29, 1.82) is 0 Å². The molecule has 2 unspecified atom stereocenters. The molecule has 1 saturated heterocycles. The molecule has 2 rings (SSSR count). The van der Waals surface area contributed by atoms with Crippen molar-refractivity contribution in [1.82, 2.24) is 47.9 Å². The third-order valence-corrected chi connectivity index (χ3v) is 13.3. The first kappa shape index (κ1) is 74.5. The van der Waals surface area contributed by atoms with E-state index in [-0.39, 0.29) is 58.2 Å². The number of carboxylic acid groups (broad SMARTS) is 2. The van der Waals surface area contributed by atoms with Gasteiger partial charge in [-0.3, -0.25) is 47.9 Å². The first-order valence-corrected chi connectivity index (χ1v) is 28.4. The lowest BCUT2D eigenvalue weighted by Crippen LogP contribution is -2.62. The smallest absolute Gasteiger partial charge is 0.335 e. The number of esters is 1. The van der Waals surface area contributed by atoms with Gasteiger partial charge in [0.2, 0.25) is 47.3 Å². The number of alkyl halides is 1. The molecule has 0 saturated carbocycles. The average Bonchev–Trinajstić information content (AvgIpc) is 3.24. The predicted molar refractivity (Wildman–Crippen MR) is 303 cm³/mol. The van der Waals surface area contributed by atoms with Gasteiger partial charge in [0.15, 0.2) is 12.1 Å². The zero-order valence-electron chi connectivity index (χ0n) is 48.1. The molecular weight excluding hydrogens is 1160 g/mol. The highest BCUT2D eigenvalue weighted by molar-refractivity contribution is 6.18. The van der Waals surface area contributed by atoms with Gasteiger partial charge >= 0.3 is 17.9 Å². The lowest BCUT2D eigenvalue weighted by molar-refractivity contribution is -0.155. The second-order valence-corrected chi connectivity index (χ2v) is 20.3. The zero-order valence-corrected chi connectivity index (χ0v) is 48.8. The minimum Gasteiger partial charge on any atom is -0.494 e. The van der Waals surface area contributed by atoms with Crippen LogP contribution < -0.4 is 69.8 Å². The summed E-state index contributed by atoms with van der Waals surface area (Å²) in [5.41, 5.74) is 17.2. The molecule has 21 N–H and O–H groups in total. The molecule has 0 aromatic heterocycles. The van der Waals surface area contributed by atoms with E-state index in [1.807, 2.05) is 17.6 Å². The molecule has 0 aliphatic carbocycles. The van der Waals surface area contributed by atoms with Crippen molar-refractivity contribution in [3.63, 3.8) is 0 Å². The van der Waals surface area contributed by atoms with Crippen molar-refractivity contribution in [2.24, 2.45) is 17.2 Å². The molecule has 33 heteroatoms. The average molecular weight is 1240 g/mol. The summed E-state index contributed by atoms with van der Waals surface area (Å²) in [7, 11) is 0. The van der Waals surface area contributed by atoms with Crippen molar-refractivity contribution in [2.75, 3.05) is 38.7 Å². The number of nitrogens with two attached hydrogens (primary N) is 3. The quantitative estimate of drug-likeness (QED) is 0.0178. The monoisotopic (exact) mass is 1240 g/mol. The third-order valence-electron chi connectivity index (χ3n) is 13.0. The Bertz CT molecular complexity index is 2510. The topological polar surface area (TPSA) is 531 Å². The van der Waals surface area contributed by atoms with E-state index < -0.39 is 181 Å². The lowest BCUT2D eigenvalue weighted by atomic mass is 10.0. The first-order valence-electron chi connectivity index (χ1n) is 27.9. The highest BCUT2D eigenvalue weighted by Gasteiger charge is 2.41. The minimum atomic E-state index is -2.85. The van der Waals surface area contributed by atoms with Crippen LogP contribution in [-0.4, -0.2) is 213 Å². The van der Waals surface area contributed by atoms with Crippen molar-refractivity contribution in [2.45, 2.75) is 171 Å². The summed E-state index contributed by atoms with van der Waals surface area (Å²) >= 11 is 5.87. The number of unbranched alkanes of at least 4 members (excludes halogenated alkanes) is 3. The van der Waals surface area contributed by atoms with Gasteiger partial charge in [-0.1, -0.05) is 38.0 Å². The Kier molecular flexibility index (Phi) is 33.9. The predicted octanol–water partition coefficient (Wildman–Crippen LogP) is -5.88. The summed E-state index contributed by atoms with van der Waals surface area (Å²) in [6.45, 7) is 2.95. The molecule has 1 aromatic carbocycles. The number of nitrogens with one attached hydrogen (secondary N) is 9. The van der Waals surface area contributed by atoms with Gasteiger partial charge in [-0.25, -0.2) is 9.59 Å². The number of aliphatic hydroxyl groups excluding tert-OH is 4. The number of allylic oxidation sites excluding steroid dienone is 1. The van der Waals surface area contributed by atoms with Crippen LogP contribution >= 0.6 is 11.6 Å². The van der Waals surface area contributed by atoms with Crippen LogP contribution in [0.3, 0.4) is 0 Å². The molecule has 0 spiro atoms. The largest absolute Gasteiger partial charge is 0.494 e. The summed E-state index contributed by atoms with van der Waals surface area (Å²) in [5.74, 6) is -17.4. The van der Waals surface area contributed by atoms with E-state index in [1.54, 1.807) is 24.3 Å². The Morgan fingerprint density at radius 2 is 1.30 bits per heavy atom. The van der Waals surface area contributed by atoms with E-state index in [4.69, 9.17) is 38.3 Å². The highest BCUT2D eigenvalue weighted by atomic mass is 35.5. The van der Waals surface area contributed by atoms with Crippen LogP contribution in [0.5, 0.6) is 5.75 Å². The maximum atomic E-state index is 14.2. The molecule has 0 radical (unpaired) electrons. The molecule has 32 nitrogen and oxygen atoms in total. The van der Waals surface area contributed by atoms with Gasteiger partial charge in [0.1, 0.15) is 60.3 Å². The van der Waals surface area contributed by atoms with Gasteiger partial charge in [0.05, 0.1) is 43.6 Å². The first-order chi connectivity index (χ1) is 40.7. The summed E-state index contributed by atoms with van der Waals surface area (Å²) in [4.78, 5) is 163. The number of aliphatic hydroxyl groups is 4. The molecule has 9 amide bonds.